The van der Waals surface area contributed by atoms with E-state index in [0.717, 1.165) is 12.0 Å². The van der Waals surface area contributed by atoms with Gasteiger partial charge in [0, 0.05) is 6.08 Å². The van der Waals surface area contributed by atoms with Crippen LogP contribution in [0.5, 0.6) is 5.75 Å². The summed E-state index contributed by atoms with van der Waals surface area (Å²) in [5.74, 6) is -0.149. The van der Waals surface area contributed by atoms with Crippen LogP contribution in [0.1, 0.15) is 25.3 Å². The van der Waals surface area contributed by atoms with Gasteiger partial charge in [-0.3, -0.25) is 4.79 Å². The lowest BCUT2D eigenvalue weighted by molar-refractivity contribution is -0.119. The number of phenols is 1. The minimum atomic E-state index is -0.794. The summed E-state index contributed by atoms with van der Waals surface area (Å²) in [6, 6.07) is 6.48. The third-order valence-electron chi connectivity index (χ3n) is 2.19. The number of aliphatic hydroxyl groups is 1. The maximum atomic E-state index is 11.4. The second kappa shape index (κ2) is 6.70. The van der Waals surface area contributed by atoms with Gasteiger partial charge in [0.2, 0.25) is 5.91 Å². The fourth-order valence-electron chi connectivity index (χ4n) is 1.32. The molecule has 0 saturated carbocycles. The molecule has 0 radical (unpaired) electrons. The van der Waals surface area contributed by atoms with Crippen LogP contribution in [0.25, 0.3) is 6.08 Å². The summed E-state index contributed by atoms with van der Waals surface area (Å²) in [4.78, 5) is 11.4. The summed E-state index contributed by atoms with van der Waals surface area (Å²) in [6.07, 6.45) is 3.53. The number of aromatic hydroxyl groups is 1. The van der Waals surface area contributed by atoms with Gasteiger partial charge in [-0.1, -0.05) is 25.5 Å². The molecule has 3 N–H and O–H groups in total. The first kappa shape index (κ1) is 13.3. The predicted octanol–water partition coefficient (Wildman–Crippen LogP) is 1.64. The van der Waals surface area contributed by atoms with E-state index in [2.05, 4.69) is 5.32 Å². The molecule has 17 heavy (non-hydrogen) atoms. The van der Waals surface area contributed by atoms with Crippen molar-refractivity contribution in [1.29, 1.82) is 0 Å². The van der Waals surface area contributed by atoms with Crippen molar-refractivity contribution in [2.24, 2.45) is 0 Å². The van der Waals surface area contributed by atoms with Crippen LogP contribution >= 0.6 is 0 Å². The Morgan fingerprint density at radius 1 is 1.41 bits per heavy atom. The highest BCUT2D eigenvalue weighted by atomic mass is 16.3. The highest BCUT2D eigenvalue weighted by Crippen LogP contribution is 2.10. The number of amides is 1. The molecule has 1 amide bonds. The summed E-state index contributed by atoms with van der Waals surface area (Å²) in [5, 5.41) is 20.9. The zero-order chi connectivity index (χ0) is 12.7. The zero-order valence-electron chi connectivity index (χ0n) is 9.76. The average molecular weight is 235 g/mol. The summed E-state index contributed by atoms with van der Waals surface area (Å²) in [6.45, 7) is 1.93. The normalized spacial score (nSPS) is 12.6. The van der Waals surface area contributed by atoms with Crippen molar-refractivity contribution in [3.05, 3.63) is 35.9 Å². The lowest BCUT2D eigenvalue weighted by Gasteiger charge is -2.09. The maximum absolute atomic E-state index is 11.4. The van der Waals surface area contributed by atoms with E-state index >= 15 is 0 Å². The Bertz CT molecular complexity index is 384. The molecule has 0 bridgehead atoms. The first-order valence-electron chi connectivity index (χ1n) is 5.57. The Hall–Kier alpha value is -1.81. The van der Waals surface area contributed by atoms with E-state index in [1.807, 2.05) is 6.92 Å². The van der Waals surface area contributed by atoms with Gasteiger partial charge in [0.1, 0.15) is 12.0 Å². The number of nitrogens with one attached hydrogen (secondary N) is 1. The number of carbonyl (C=O) groups is 1. The number of benzene rings is 1. The van der Waals surface area contributed by atoms with E-state index in [4.69, 9.17) is 5.11 Å². The fraction of sp³-hybridized carbons (Fsp3) is 0.308. The number of rotatable bonds is 5. The summed E-state index contributed by atoms with van der Waals surface area (Å²) < 4.78 is 0. The summed E-state index contributed by atoms with van der Waals surface area (Å²) in [7, 11) is 0. The Kier molecular flexibility index (Phi) is 5.23. The molecule has 1 unspecified atom stereocenters. The van der Waals surface area contributed by atoms with E-state index in [-0.39, 0.29) is 11.7 Å². The van der Waals surface area contributed by atoms with Gasteiger partial charge >= 0.3 is 0 Å². The lowest BCUT2D eigenvalue weighted by atomic mass is 10.2. The first-order chi connectivity index (χ1) is 8.11. The third kappa shape index (κ3) is 5.17. The second-order valence-corrected chi connectivity index (χ2v) is 3.74. The van der Waals surface area contributed by atoms with E-state index in [1.165, 1.54) is 6.08 Å². The quantitative estimate of drug-likeness (QED) is 0.536. The number of hydrogen-bond acceptors (Lipinski definition) is 3. The molecule has 4 nitrogen and oxygen atoms in total. The molecule has 0 aliphatic carbocycles. The predicted molar refractivity (Wildman–Crippen MR) is 66.2 cm³/mol. The van der Waals surface area contributed by atoms with E-state index in [1.54, 1.807) is 30.3 Å². The number of carbonyl (C=O) groups excluding carboxylic acids is 1. The van der Waals surface area contributed by atoms with Crippen LogP contribution < -0.4 is 5.32 Å². The van der Waals surface area contributed by atoms with Gasteiger partial charge in [0.15, 0.2) is 0 Å². The Balaban J connectivity index is 2.47. The summed E-state index contributed by atoms with van der Waals surface area (Å²) >= 11 is 0. The molecule has 0 heterocycles. The number of aliphatic hydroxyl groups excluding tert-OH is 1. The molecule has 1 atom stereocenters. The molecular formula is C13H17NO3. The molecule has 0 fully saturated rings. The van der Waals surface area contributed by atoms with Crippen molar-refractivity contribution in [3.8, 4) is 5.75 Å². The Morgan fingerprint density at radius 3 is 2.65 bits per heavy atom. The molecule has 1 aromatic rings. The minimum Gasteiger partial charge on any atom is -0.508 e. The van der Waals surface area contributed by atoms with Crippen molar-refractivity contribution in [3.63, 3.8) is 0 Å². The summed E-state index contributed by atoms with van der Waals surface area (Å²) in [5.41, 5.74) is 0.808. The van der Waals surface area contributed by atoms with Crippen molar-refractivity contribution in [2.75, 3.05) is 0 Å². The highest BCUT2D eigenvalue weighted by Gasteiger charge is 2.03. The van der Waals surface area contributed by atoms with Gasteiger partial charge in [-0.15, -0.1) is 0 Å². The monoisotopic (exact) mass is 235 g/mol. The molecule has 0 aliphatic heterocycles. The van der Waals surface area contributed by atoms with Crippen LogP contribution in [0, 0.1) is 0 Å². The van der Waals surface area contributed by atoms with Crippen LogP contribution in [0.15, 0.2) is 30.3 Å². The van der Waals surface area contributed by atoms with E-state index < -0.39 is 6.23 Å². The van der Waals surface area contributed by atoms with Crippen LogP contribution in [-0.4, -0.2) is 22.3 Å². The largest absolute Gasteiger partial charge is 0.508 e. The molecule has 4 heteroatoms. The number of hydrogen-bond donors (Lipinski definition) is 3. The molecule has 1 rings (SSSR count). The zero-order valence-corrected chi connectivity index (χ0v) is 9.76. The molecule has 0 saturated heterocycles. The molecule has 0 aliphatic rings. The third-order valence-corrected chi connectivity index (χ3v) is 2.19. The lowest BCUT2D eigenvalue weighted by Crippen LogP contribution is -2.33. The van der Waals surface area contributed by atoms with E-state index in [0.29, 0.717) is 6.42 Å². The van der Waals surface area contributed by atoms with Crippen LogP contribution in [0.2, 0.25) is 0 Å². The van der Waals surface area contributed by atoms with Crippen LogP contribution in [0.3, 0.4) is 0 Å². The van der Waals surface area contributed by atoms with Crippen molar-refractivity contribution < 1.29 is 15.0 Å². The minimum absolute atomic E-state index is 0.185. The first-order valence-corrected chi connectivity index (χ1v) is 5.57. The SMILES string of the molecule is CCCC(O)NC(=O)/C=C/c1ccc(O)cc1. The van der Waals surface area contributed by atoms with Gasteiger partial charge < -0.3 is 15.5 Å². The fourth-order valence-corrected chi connectivity index (χ4v) is 1.32. The highest BCUT2D eigenvalue weighted by molar-refractivity contribution is 5.91. The van der Waals surface area contributed by atoms with Crippen molar-refractivity contribution in [1.82, 2.24) is 5.32 Å². The van der Waals surface area contributed by atoms with Gasteiger partial charge in [-0.25, -0.2) is 0 Å². The molecule has 0 aromatic heterocycles. The van der Waals surface area contributed by atoms with Gasteiger partial charge in [0.25, 0.3) is 0 Å². The standard InChI is InChI=1S/C13H17NO3/c1-2-3-12(16)14-13(17)9-6-10-4-7-11(15)8-5-10/h4-9,12,15-16H,2-3H2,1H3,(H,14,17)/b9-6+. The maximum Gasteiger partial charge on any atom is 0.245 e. The van der Waals surface area contributed by atoms with Gasteiger partial charge in [0.05, 0.1) is 0 Å². The number of phenolic OH excluding ortho intramolecular Hbond substituents is 1. The molecule has 92 valence electrons. The van der Waals surface area contributed by atoms with Gasteiger partial charge in [-0.05, 0) is 30.2 Å². The molecule has 0 spiro atoms. The Morgan fingerprint density at radius 2 is 2.06 bits per heavy atom. The Labute approximate surface area is 101 Å². The van der Waals surface area contributed by atoms with Crippen molar-refractivity contribution in [2.45, 2.75) is 26.0 Å². The molecule has 1 aromatic carbocycles. The second-order valence-electron chi connectivity index (χ2n) is 3.74. The van der Waals surface area contributed by atoms with Gasteiger partial charge in [-0.2, -0.15) is 0 Å². The van der Waals surface area contributed by atoms with E-state index in [9.17, 15) is 9.90 Å². The van der Waals surface area contributed by atoms with Crippen LogP contribution in [0.4, 0.5) is 0 Å². The van der Waals surface area contributed by atoms with Crippen molar-refractivity contribution >= 4 is 12.0 Å². The topological polar surface area (TPSA) is 69.6 Å². The molecular weight excluding hydrogens is 218 g/mol. The average Bonchev–Trinajstić information content (AvgIpc) is 2.28. The smallest absolute Gasteiger partial charge is 0.245 e. The van der Waals surface area contributed by atoms with Crippen LogP contribution in [-0.2, 0) is 4.79 Å².